The van der Waals surface area contributed by atoms with Gasteiger partial charge in [-0.3, -0.25) is 0 Å². The van der Waals surface area contributed by atoms with Crippen LogP contribution in [0.4, 0.5) is 0 Å². The molecule has 1 atom stereocenters. The van der Waals surface area contributed by atoms with Crippen molar-refractivity contribution in [1.82, 2.24) is 0 Å². The number of ether oxygens (including phenoxy) is 1. The van der Waals surface area contributed by atoms with Gasteiger partial charge in [0, 0.05) is 18.6 Å². The zero-order chi connectivity index (χ0) is 10.9. The molecule has 0 heterocycles. The van der Waals surface area contributed by atoms with Gasteiger partial charge in [-0.05, 0) is 30.0 Å². The van der Waals surface area contributed by atoms with Crippen LogP contribution in [0.2, 0.25) is 5.02 Å². The largest absolute Gasteiger partial charge is 0.370 e. The molecule has 0 spiro atoms. The lowest BCUT2D eigenvalue weighted by Gasteiger charge is -2.32. The Morgan fingerprint density at radius 1 is 1.53 bits per heavy atom. The Bertz CT molecular complexity index is 389. The minimum Gasteiger partial charge on any atom is -0.370 e. The molecule has 0 radical (unpaired) electrons. The van der Waals surface area contributed by atoms with Crippen molar-refractivity contribution >= 4 is 17.9 Å². The number of rotatable bonds is 2. The second kappa shape index (κ2) is 3.95. The van der Waals surface area contributed by atoms with Gasteiger partial charge in [0.25, 0.3) is 0 Å². The predicted octanol–water partition coefficient (Wildman–Crippen LogP) is 2.41. The van der Waals surface area contributed by atoms with Crippen LogP contribution < -0.4 is 0 Å². The predicted molar refractivity (Wildman–Crippen MR) is 59.3 cm³/mol. The number of hydrogen-bond donors (Lipinski definition) is 0. The highest BCUT2D eigenvalue weighted by Gasteiger charge is 2.34. The molecule has 0 bridgehead atoms. The quantitative estimate of drug-likeness (QED) is 0.722. The first-order valence-corrected chi connectivity index (χ1v) is 5.36. The van der Waals surface area contributed by atoms with Crippen molar-refractivity contribution in [3.05, 3.63) is 34.3 Å². The summed E-state index contributed by atoms with van der Waals surface area (Å²) in [7, 11) is 1.59. The maximum Gasteiger partial charge on any atom is 0.152 e. The summed E-state index contributed by atoms with van der Waals surface area (Å²) in [6.45, 7) is 0. The summed E-state index contributed by atoms with van der Waals surface area (Å²) in [6.07, 6.45) is 3.06. The van der Waals surface area contributed by atoms with E-state index in [1.54, 1.807) is 7.11 Å². The number of halogens is 1. The molecule has 1 aromatic carbocycles. The SMILES string of the molecule is COC1(C=O)CCc2c(Cl)cccc2C1. The lowest BCUT2D eigenvalue weighted by atomic mass is 9.81. The third-order valence-electron chi connectivity index (χ3n) is 3.13. The van der Waals surface area contributed by atoms with Crippen molar-refractivity contribution in [2.24, 2.45) is 0 Å². The number of carbonyl (C=O) groups is 1. The van der Waals surface area contributed by atoms with E-state index in [4.69, 9.17) is 16.3 Å². The van der Waals surface area contributed by atoms with Gasteiger partial charge < -0.3 is 9.53 Å². The topological polar surface area (TPSA) is 26.3 Å². The summed E-state index contributed by atoms with van der Waals surface area (Å²) in [4.78, 5) is 11.0. The van der Waals surface area contributed by atoms with E-state index >= 15 is 0 Å². The number of aldehydes is 1. The van der Waals surface area contributed by atoms with Crippen LogP contribution in [0.25, 0.3) is 0 Å². The van der Waals surface area contributed by atoms with Crippen LogP contribution in [0, 0.1) is 0 Å². The van der Waals surface area contributed by atoms with Crippen molar-refractivity contribution < 1.29 is 9.53 Å². The smallest absolute Gasteiger partial charge is 0.152 e. The molecule has 0 N–H and O–H groups in total. The van der Waals surface area contributed by atoms with Crippen LogP contribution in [0.5, 0.6) is 0 Å². The molecule has 0 aliphatic heterocycles. The van der Waals surface area contributed by atoms with Crippen LogP contribution in [0.3, 0.4) is 0 Å². The van der Waals surface area contributed by atoms with Gasteiger partial charge in [0.05, 0.1) is 0 Å². The number of methoxy groups -OCH3 is 1. The molecule has 0 fully saturated rings. The van der Waals surface area contributed by atoms with Crippen molar-refractivity contribution in [2.45, 2.75) is 24.9 Å². The van der Waals surface area contributed by atoms with Gasteiger partial charge in [-0.2, -0.15) is 0 Å². The minimum absolute atomic E-state index is 0.628. The third kappa shape index (κ3) is 1.80. The van der Waals surface area contributed by atoms with E-state index in [9.17, 15) is 4.79 Å². The average molecular weight is 225 g/mol. The molecule has 2 nitrogen and oxygen atoms in total. The normalized spacial score (nSPS) is 24.7. The van der Waals surface area contributed by atoms with E-state index in [0.29, 0.717) is 12.8 Å². The van der Waals surface area contributed by atoms with Gasteiger partial charge in [-0.1, -0.05) is 23.7 Å². The molecule has 0 saturated carbocycles. The minimum atomic E-state index is -0.641. The summed E-state index contributed by atoms with van der Waals surface area (Å²) in [5.41, 5.74) is 1.65. The van der Waals surface area contributed by atoms with Crippen molar-refractivity contribution in [1.29, 1.82) is 0 Å². The fourth-order valence-corrected chi connectivity index (χ4v) is 2.41. The Morgan fingerprint density at radius 2 is 2.33 bits per heavy atom. The fourth-order valence-electron chi connectivity index (χ4n) is 2.12. The van der Waals surface area contributed by atoms with Crippen LogP contribution in [-0.4, -0.2) is 19.0 Å². The maximum absolute atomic E-state index is 11.0. The molecule has 2 rings (SSSR count). The van der Waals surface area contributed by atoms with Crippen LogP contribution in [0.1, 0.15) is 17.5 Å². The zero-order valence-corrected chi connectivity index (χ0v) is 9.38. The zero-order valence-electron chi connectivity index (χ0n) is 8.63. The molecule has 0 aromatic heterocycles. The van der Waals surface area contributed by atoms with E-state index in [1.165, 1.54) is 0 Å². The van der Waals surface area contributed by atoms with Crippen LogP contribution >= 0.6 is 11.6 Å². The number of benzene rings is 1. The van der Waals surface area contributed by atoms with E-state index in [-0.39, 0.29) is 0 Å². The van der Waals surface area contributed by atoms with Gasteiger partial charge in [-0.25, -0.2) is 0 Å². The first-order chi connectivity index (χ1) is 7.21. The molecule has 0 amide bonds. The van der Waals surface area contributed by atoms with E-state index in [1.807, 2.05) is 18.2 Å². The highest BCUT2D eigenvalue weighted by atomic mass is 35.5. The molecule has 1 unspecified atom stereocenters. The summed E-state index contributed by atoms with van der Waals surface area (Å²) >= 11 is 6.09. The third-order valence-corrected chi connectivity index (χ3v) is 3.48. The van der Waals surface area contributed by atoms with Gasteiger partial charge in [-0.15, -0.1) is 0 Å². The molecule has 15 heavy (non-hydrogen) atoms. The first-order valence-electron chi connectivity index (χ1n) is 4.98. The molecular weight excluding hydrogens is 212 g/mol. The summed E-state index contributed by atoms with van der Waals surface area (Å²) in [5, 5.41) is 0.795. The van der Waals surface area contributed by atoms with E-state index < -0.39 is 5.60 Å². The lowest BCUT2D eigenvalue weighted by Crippen LogP contribution is -2.39. The number of carbonyl (C=O) groups excluding carboxylic acids is 1. The second-order valence-corrected chi connectivity index (χ2v) is 4.35. The van der Waals surface area contributed by atoms with Crippen molar-refractivity contribution in [2.75, 3.05) is 7.11 Å². The maximum atomic E-state index is 11.0. The monoisotopic (exact) mass is 224 g/mol. The Labute approximate surface area is 94.2 Å². The van der Waals surface area contributed by atoms with Gasteiger partial charge in [0.15, 0.2) is 6.29 Å². The van der Waals surface area contributed by atoms with E-state index in [0.717, 1.165) is 28.9 Å². The van der Waals surface area contributed by atoms with Crippen molar-refractivity contribution in [3.8, 4) is 0 Å². The average Bonchev–Trinajstić information content (AvgIpc) is 2.29. The highest BCUT2D eigenvalue weighted by Crippen LogP contribution is 2.33. The van der Waals surface area contributed by atoms with Crippen LogP contribution in [0.15, 0.2) is 18.2 Å². The van der Waals surface area contributed by atoms with Gasteiger partial charge in [0.2, 0.25) is 0 Å². The Hall–Kier alpha value is -0.860. The van der Waals surface area contributed by atoms with Gasteiger partial charge >= 0.3 is 0 Å². The molecule has 80 valence electrons. The Kier molecular flexibility index (Phi) is 2.81. The van der Waals surface area contributed by atoms with E-state index in [2.05, 4.69) is 0 Å². The Morgan fingerprint density at radius 3 is 3.00 bits per heavy atom. The summed E-state index contributed by atoms with van der Waals surface area (Å²) in [5.74, 6) is 0. The molecule has 1 aliphatic carbocycles. The standard InChI is InChI=1S/C12H13ClO2/c1-15-12(8-14)6-5-10-9(7-12)3-2-4-11(10)13/h2-4,8H,5-7H2,1H3. The van der Waals surface area contributed by atoms with Gasteiger partial charge in [0.1, 0.15) is 5.60 Å². The lowest BCUT2D eigenvalue weighted by molar-refractivity contribution is -0.128. The molecule has 1 aliphatic rings. The molecule has 0 saturated heterocycles. The summed E-state index contributed by atoms with van der Waals surface area (Å²) < 4.78 is 5.31. The second-order valence-electron chi connectivity index (χ2n) is 3.94. The number of hydrogen-bond acceptors (Lipinski definition) is 2. The molecule has 3 heteroatoms. The summed E-state index contributed by atoms with van der Waals surface area (Å²) in [6, 6.07) is 5.82. The molecule has 1 aromatic rings. The van der Waals surface area contributed by atoms with Crippen LogP contribution in [-0.2, 0) is 22.4 Å². The Balaban J connectivity index is 2.38. The number of fused-ring (bicyclic) bond motifs is 1. The van der Waals surface area contributed by atoms with Crippen molar-refractivity contribution in [3.63, 3.8) is 0 Å². The molecular formula is C12H13ClO2. The highest BCUT2D eigenvalue weighted by molar-refractivity contribution is 6.31. The first kappa shape index (κ1) is 10.7. The fraction of sp³-hybridized carbons (Fsp3) is 0.417.